The number of nitrogens with zero attached hydrogens (tertiary/aromatic N) is 1. The summed E-state index contributed by atoms with van der Waals surface area (Å²) in [7, 11) is 1.28. The van der Waals surface area contributed by atoms with Gasteiger partial charge in [0.1, 0.15) is 17.9 Å². The first-order valence-electron chi connectivity index (χ1n) is 8.40. The Kier molecular flexibility index (Phi) is 6.75. The summed E-state index contributed by atoms with van der Waals surface area (Å²) in [6.07, 6.45) is 1.21. The molecule has 1 aliphatic rings. The van der Waals surface area contributed by atoms with E-state index in [1.54, 1.807) is 19.9 Å². The van der Waals surface area contributed by atoms with Crippen molar-refractivity contribution in [2.24, 2.45) is 5.92 Å². The maximum absolute atomic E-state index is 14.0. The minimum Gasteiger partial charge on any atom is -0.467 e. The van der Waals surface area contributed by atoms with Gasteiger partial charge in [-0.05, 0) is 37.0 Å². The average Bonchev–Trinajstić information content (AvgIpc) is 3.07. The Balaban J connectivity index is 2.19. The van der Waals surface area contributed by atoms with Crippen LogP contribution >= 0.6 is 15.9 Å². The maximum atomic E-state index is 14.0. The molecule has 1 unspecified atom stereocenters. The Morgan fingerprint density at radius 1 is 1.35 bits per heavy atom. The number of amides is 2. The predicted molar refractivity (Wildman–Crippen MR) is 96.9 cm³/mol. The molecule has 0 radical (unpaired) electrons. The van der Waals surface area contributed by atoms with Gasteiger partial charge < -0.3 is 15.0 Å². The number of carbonyl (C=O) groups excluding carboxylic acids is 3. The highest BCUT2D eigenvalue weighted by Gasteiger charge is 2.39. The van der Waals surface area contributed by atoms with Crippen molar-refractivity contribution in [3.05, 3.63) is 34.1 Å². The van der Waals surface area contributed by atoms with E-state index in [0.717, 1.165) is 0 Å². The molecule has 1 heterocycles. The fourth-order valence-electron chi connectivity index (χ4n) is 3.00. The Labute approximate surface area is 160 Å². The number of esters is 1. The molecule has 2 amide bonds. The maximum Gasteiger partial charge on any atom is 0.328 e. The van der Waals surface area contributed by atoms with Crippen molar-refractivity contribution in [1.29, 1.82) is 0 Å². The van der Waals surface area contributed by atoms with E-state index in [0.29, 0.717) is 23.9 Å². The number of halogens is 2. The van der Waals surface area contributed by atoms with Crippen LogP contribution in [0.1, 0.15) is 37.0 Å². The SMILES string of the molecule is COC(=O)[C@@H]1CCCN1C(=O)C(NC(=O)c1ccc(Br)cc1F)C(C)C. The summed E-state index contributed by atoms with van der Waals surface area (Å²) in [6, 6.07) is 2.59. The van der Waals surface area contributed by atoms with Gasteiger partial charge in [-0.3, -0.25) is 9.59 Å². The second-order valence-electron chi connectivity index (χ2n) is 6.53. The molecule has 6 nitrogen and oxygen atoms in total. The van der Waals surface area contributed by atoms with E-state index in [1.807, 2.05) is 0 Å². The number of nitrogens with one attached hydrogen (secondary N) is 1. The molecule has 0 aliphatic carbocycles. The lowest BCUT2D eigenvalue weighted by atomic mass is 10.0. The lowest BCUT2D eigenvalue weighted by molar-refractivity contribution is -0.151. The molecule has 2 rings (SSSR count). The third-order valence-corrected chi connectivity index (χ3v) is 4.90. The molecule has 1 fully saturated rings. The quantitative estimate of drug-likeness (QED) is 0.730. The minimum absolute atomic E-state index is 0.141. The molecule has 26 heavy (non-hydrogen) atoms. The smallest absolute Gasteiger partial charge is 0.328 e. The lowest BCUT2D eigenvalue weighted by Crippen LogP contribution is -2.54. The van der Waals surface area contributed by atoms with E-state index in [4.69, 9.17) is 4.74 Å². The highest BCUT2D eigenvalue weighted by atomic mass is 79.9. The molecule has 142 valence electrons. The van der Waals surface area contributed by atoms with Crippen LogP contribution in [0.5, 0.6) is 0 Å². The number of methoxy groups -OCH3 is 1. The van der Waals surface area contributed by atoms with Crippen molar-refractivity contribution in [2.45, 2.75) is 38.8 Å². The van der Waals surface area contributed by atoms with Crippen LogP contribution < -0.4 is 5.32 Å². The Morgan fingerprint density at radius 3 is 2.62 bits per heavy atom. The van der Waals surface area contributed by atoms with Crippen molar-refractivity contribution in [3.8, 4) is 0 Å². The number of rotatable bonds is 5. The van der Waals surface area contributed by atoms with Gasteiger partial charge in [-0.15, -0.1) is 0 Å². The van der Waals surface area contributed by atoms with Gasteiger partial charge in [-0.2, -0.15) is 0 Å². The van der Waals surface area contributed by atoms with Crippen molar-refractivity contribution in [2.75, 3.05) is 13.7 Å². The third kappa shape index (κ3) is 4.41. The highest BCUT2D eigenvalue weighted by Crippen LogP contribution is 2.22. The van der Waals surface area contributed by atoms with Gasteiger partial charge in [-0.1, -0.05) is 29.8 Å². The van der Waals surface area contributed by atoms with Gasteiger partial charge in [0.25, 0.3) is 5.91 Å². The molecule has 1 aromatic rings. The lowest BCUT2D eigenvalue weighted by Gasteiger charge is -2.30. The van der Waals surface area contributed by atoms with Crippen LogP contribution in [0.15, 0.2) is 22.7 Å². The Bertz CT molecular complexity index is 710. The topological polar surface area (TPSA) is 75.7 Å². The van der Waals surface area contributed by atoms with E-state index < -0.39 is 29.8 Å². The molecule has 1 N–H and O–H groups in total. The van der Waals surface area contributed by atoms with Crippen LogP contribution in [0.25, 0.3) is 0 Å². The molecule has 1 aromatic carbocycles. The summed E-state index contributed by atoms with van der Waals surface area (Å²) in [5, 5.41) is 2.61. The molecule has 0 saturated carbocycles. The summed E-state index contributed by atoms with van der Waals surface area (Å²) in [4.78, 5) is 38.7. The molecule has 1 saturated heterocycles. The zero-order valence-corrected chi connectivity index (χ0v) is 16.5. The van der Waals surface area contributed by atoms with Crippen molar-refractivity contribution in [1.82, 2.24) is 10.2 Å². The molecular weight excluding hydrogens is 407 g/mol. The van der Waals surface area contributed by atoms with E-state index in [1.165, 1.54) is 24.1 Å². The van der Waals surface area contributed by atoms with Crippen molar-refractivity contribution >= 4 is 33.7 Å². The predicted octanol–water partition coefficient (Wildman–Crippen LogP) is 2.51. The zero-order valence-electron chi connectivity index (χ0n) is 14.9. The second kappa shape index (κ2) is 8.62. The number of hydrogen-bond acceptors (Lipinski definition) is 4. The van der Waals surface area contributed by atoms with Crippen LogP contribution in [0.2, 0.25) is 0 Å². The van der Waals surface area contributed by atoms with Crippen LogP contribution in [0.4, 0.5) is 4.39 Å². The van der Waals surface area contributed by atoms with E-state index >= 15 is 0 Å². The van der Waals surface area contributed by atoms with Gasteiger partial charge in [-0.25, -0.2) is 9.18 Å². The number of ether oxygens (including phenoxy) is 1. The fraction of sp³-hybridized carbons (Fsp3) is 0.500. The van der Waals surface area contributed by atoms with Gasteiger partial charge >= 0.3 is 5.97 Å². The summed E-state index contributed by atoms with van der Waals surface area (Å²) in [5.74, 6) is -2.41. The van der Waals surface area contributed by atoms with Gasteiger partial charge in [0.2, 0.25) is 5.91 Å². The molecule has 1 aliphatic heterocycles. The van der Waals surface area contributed by atoms with Crippen LogP contribution in [-0.4, -0.2) is 48.4 Å². The zero-order chi connectivity index (χ0) is 19.4. The van der Waals surface area contributed by atoms with Crippen molar-refractivity contribution in [3.63, 3.8) is 0 Å². The second-order valence-corrected chi connectivity index (χ2v) is 7.45. The monoisotopic (exact) mass is 428 g/mol. The summed E-state index contributed by atoms with van der Waals surface area (Å²) < 4.78 is 19.3. The first-order chi connectivity index (χ1) is 12.3. The van der Waals surface area contributed by atoms with Crippen LogP contribution in [0.3, 0.4) is 0 Å². The van der Waals surface area contributed by atoms with E-state index in [9.17, 15) is 18.8 Å². The first-order valence-corrected chi connectivity index (χ1v) is 9.19. The molecular formula is C18H22BrFN2O4. The summed E-state index contributed by atoms with van der Waals surface area (Å²) >= 11 is 3.14. The minimum atomic E-state index is -0.865. The summed E-state index contributed by atoms with van der Waals surface area (Å²) in [5.41, 5.74) is -0.141. The molecule has 0 bridgehead atoms. The first kappa shape index (κ1) is 20.4. The van der Waals surface area contributed by atoms with Gasteiger partial charge in [0.05, 0.1) is 12.7 Å². The standard InChI is InChI=1S/C18H22BrFN2O4/c1-10(2)15(17(24)22-8-4-5-14(22)18(25)26-3)21-16(23)12-7-6-11(19)9-13(12)20/h6-7,9-10,14-15H,4-5,8H2,1-3H3,(H,21,23)/t14-,15?/m0/s1. The third-order valence-electron chi connectivity index (χ3n) is 4.40. The molecule has 2 atom stereocenters. The number of hydrogen-bond donors (Lipinski definition) is 1. The number of likely N-dealkylation sites (tertiary alicyclic amines) is 1. The van der Waals surface area contributed by atoms with Gasteiger partial charge in [0.15, 0.2) is 0 Å². The van der Waals surface area contributed by atoms with Crippen LogP contribution in [-0.2, 0) is 14.3 Å². The number of carbonyl (C=O) groups is 3. The summed E-state index contributed by atoms with van der Waals surface area (Å²) in [6.45, 7) is 3.98. The van der Waals surface area contributed by atoms with Crippen molar-refractivity contribution < 1.29 is 23.5 Å². The largest absolute Gasteiger partial charge is 0.467 e. The molecule has 8 heteroatoms. The van der Waals surface area contributed by atoms with Gasteiger partial charge in [0, 0.05) is 11.0 Å². The molecule has 0 spiro atoms. The normalized spacial score (nSPS) is 17.9. The fourth-order valence-corrected chi connectivity index (χ4v) is 3.33. The van der Waals surface area contributed by atoms with E-state index in [-0.39, 0.29) is 17.4 Å². The van der Waals surface area contributed by atoms with E-state index in [2.05, 4.69) is 21.2 Å². The Hall–Kier alpha value is -1.96. The highest BCUT2D eigenvalue weighted by molar-refractivity contribution is 9.10. The van der Waals surface area contributed by atoms with Crippen LogP contribution in [0, 0.1) is 11.7 Å². The molecule has 0 aromatic heterocycles. The average molecular weight is 429 g/mol. The Morgan fingerprint density at radius 2 is 2.04 bits per heavy atom. The number of benzene rings is 1.